The first-order chi connectivity index (χ1) is 3.79. The van der Waals surface area contributed by atoms with E-state index in [-0.39, 0.29) is 11.4 Å². The molecule has 0 atom stereocenters. The Kier molecular flexibility index (Phi) is 2.87. The van der Waals surface area contributed by atoms with Crippen LogP contribution in [0.4, 0.5) is 0 Å². The Balaban J connectivity index is 0.000000640. The van der Waals surface area contributed by atoms with E-state index in [2.05, 4.69) is 10.5 Å². The van der Waals surface area contributed by atoms with Gasteiger partial charge in [-0.2, -0.15) is 5.10 Å². The SMILES string of the molecule is CC1=NNC(=O)CC1.O. The van der Waals surface area contributed by atoms with Crippen LogP contribution in [0.15, 0.2) is 5.10 Å². The lowest BCUT2D eigenvalue weighted by Crippen LogP contribution is -2.23. The first-order valence-electron chi connectivity index (χ1n) is 2.61. The van der Waals surface area contributed by atoms with Crippen molar-refractivity contribution in [3.05, 3.63) is 0 Å². The lowest BCUT2D eigenvalue weighted by atomic mass is 10.2. The van der Waals surface area contributed by atoms with E-state index in [4.69, 9.17) is 0 Å². The molecule has 1 rings (SSSR count). The Morgan fingerprint density at radius 2 is 2.22 bits per heavy atom. The van der Waals surface area contributed by atoms with Crippen molar-refractivity contribution < 1.29 is 10.3 Å². The maximum atomic E-state index is 10.4. The van der Waals surface area contributed by atoms with Gasteiger partial charge in [-0.1, -0.05) is 0 Å². The Hall–Kier alpha value is -0.900. The molecule has 0 aromatic carbocycles. The summed E-state index contributed by atoms with van der Waals surface area (Å²) in [6.45, 7) is 1.90. The number of nitrogens with one attached hydrogen (secondary N) is 1. The first-order valence-corrected chi connectivity index (χ1v) is 2.61. The van der Waals surface area contributed by atoms with E-state index in [9.17, 15) is 4.79 Å². The smallest absolute Gasteiger partial charge is 0.240 e. The summed E-state index contributed by atoms with van der Waals surface area (Å²) in [5.74, 6) is 0.0237. The minimum Gasteiger partial charge on any atom is -0.412 e. The predicted octanol–water partition coefficient (Wildman–Crippen LogP) is -0.552. The van der Waals surface area contributed by atoms with Crippen molar-refractivity contribution in [1.82, 2.24) is 5.43 Å². The molecule has 0 bridgehead atoms. The standard InChI is InChI=1S/C5H8N2O.H2O/c1-4-2-3-5(8)7-6-4;/h2-3H2,1H3,(H,7,8);1H2. The molecule has 1 aliphatic heterocycles. The van der Waals surface area contributed by atoms with Crippen LogP contribution in [0.25, 0.3) is 0 Å². The summed E-state index contributed by atoms with van der Waals surface area (Å²) in [5.41, 5.74) is 3.39. The van der Waals surface area contributed by atoms with E-state index in [1.54, 1.807) is 0 Å². The Labute approximate surface area is 53.3 Å². The summed E-state index contributed by atoms with van der Waals surface area (Å²) >= 11 is 0. The van der Waals surface area contributed by atoms with Crippen LogP contribution in [-0.2, 0) is 4.79 Å². The van der Waals surface area contributed by atoms with E-state index in [1.165, 1.54) is 0 Å². The minimum atomic E-state index is 0. The molecule has 4 heteroatoms. The maximum absolute atomic E-state index is 10.4. The van der Waals surface area contributed by atoms with Crippen molar-refractivity contribution in [2.75, 3.05) is 0 Å². The zero-order chi connectivity index (χ0) is 5.98. The first kappa shape index (κ1) is 8.10. The molecule has 1 amide bonds. The van der Waals surface area contributed by atoms with Crippen molar-refractivity contribution in [2.45, 2.75) is 19.8 Å². The van der Waals surface area contributed by atoms with Crippen molar-refractivity contribution in [3.63, 3.8) is 0 Å². The molecule has 3 N–H and O–H groups in total. The van der Waals surface area contributed by atoms with Gasteiger partial charge in [-0.15, -0.1) is 0 Å². The number of rotatable bonds is 0. The fourth-order valence-corrected chi connectivity index (χ4v) is 0.564. The van der Waals surface area contributed by atoms with Gasteiger partial charge in [0.05, 0.1) is 0 Å². The third-order valence-electron chi connectivity index (χ3n) is 1.09. The molecule has 0 fully saturated rings. The van der Waals surface area contributed by atoms with Gasteiger partial charge in [0, 0.05) is 12.1 Å². The van der Waals surface area contributed by atoms with E-state index in [1.807, 2.05) is 6.92 Å². The summed E-state index contributed by atoms with van der Waals surface area (Å²) in [5, 5.41) is 3.73. The van der Waals surface area contributed by atoms with Crippen LogP contribution in [0.2, 0.25) is 0 Å². The number of hydrogen-bond acceptors (Lipinski definition) is 2. The molecule has 0 saturated heterocycles. The lowest BCUT2D eigenvalue weighted by Gasteiger charge is -2.06. The number of carbonyl (C=O) groups excluding carboxylic acids is 1. The molecule has 1 heterocycles. The van der Waals surface area contributed by atoms with Gasteiger partial charge < -0.3 is 5.48 Å². The summed E-state index contributed by atoms with van der Waals surface area (Å²) in [7, 11) is 0. The van der Waals surface area contributed by atoms with Gasteiger partial charge in [0.15, 0.2) is 0 Å². The molecular weight excluding hydrogens is 120 g/mol. The fourth-order valence-electron chi connectivity index (χ4n) is 0.564. The number of nitrogens with zero attached hydrogens (tertiary/aromatic N) is 1. The van der Waals surface area contributed by atoms with Crippen LogP contribution in [0.3, 0.4) is 0 Å². The van der Waals surface area contributed by atoms with Crippen LogP contribution >= 0.6 is 0 Å². The van der Waals surface area contributed by atoms with Crippen LogP contribution in [-0.4, -0.2) is 17.1 Å². The van der Waals surface area contributed by atoms with Crippen molar-refractivity contribution in [1.29, 1.82) is 0 Å². The van der Waals surface area contributed by atoms with E-state index >= 15 is 0 Å². The Morgan fingerprint density at radius 1 is 1.56 bits per heavy atom. The van der Waals surface area contributed by atoms with Gasteiger partial charge in [-0.05, 0) is 13.3 Å². The van der Waals surface area contributed by atoms with Gasteiger partial charge in [-0.3, -0.25) is 4.79 Å². The fraction of sp³-hybridized carbons (Fsp3) is 0.600. The molecule has 52 valence electrons. The summed E-state index contributed by atoms with van der Waals surface area (Å²) in [6, 6.07) is 0. The summed E-state index contributed by atoms with van der Waals surface area (Å²) < 4.78 is 0. The highest BCUT2D eigenvalue weighted by molar-refractivity contribution is 5.90. The van der Waals surface area contributed by atoms with Gasteiger partial charge in [0.2, 0.25) is 5.91 Å². The molecule has 0 aromatic heterocycles. The zero-order valence-electron chi connectivity index (χ0n) is 5.27. The number of hydrazone groups is 1. The average molecular weight is 130 g/mol. The zero-order valence-corrected chi connectivity index (χ0v) is 5.27. The van der Waals surface area contributed by atoms with Crippen LogP contribution in [0.1, 0.15) is 19.8 Å². The van der Waals surface area contributed by atoms with Gasteiger partial charge in [0.1, 0.15) is 0 Å². The number of hydrogen-bond donors (Lipinski definition) is 1. The molecule has 0 radical (unpaired) electrons. The van der Waals surface area contributed by atoms with Gasteiger partial charge in [-0.25, -0.2) is 5.43 Å². The highest BCUT2D eigenvalue weighted by Crippen LogP contribution is 1.96. The normalized spacial score (nSPS) is 17.4. The monoisotopic (exact) mass is 130 g/mol. The minimum absolute atomic E-state index is 0. The lowest BCUT2D eigenvalue weighted by molar-refractivity contribution is -0.121. The molecule has 0 unspecified atom stereocenters. The molecule has 1 aliphatic rings. The van der Waals surface area contributed by atoms with Crippen LogP contribution in [0.5, 0.6) is 0 Å². The van der Waals surface area contributed by atoms with E-state index in [0.29, 0.717) is 6.42 Å². The topological polar surface area (TPSA) is 73.0 Å². The maximum Gasteiger partial charge on any atom is 0.240 e. The molecule has 0 saturated carbocycles. The highest BCUT2D eigenvalue weighted by atomic mass is 16.2. The summed E-state index contributed by atoms with van der Waals surface area (Å²) in [4.78, 5) is 10.4. The molecule has 0 aliphatic carbocycles. The molecule has 0 aromatic rings. The third-order valence-corrected chi connectivity index (χ3v) is 1.09. The van der Waals surface area contributed by atoms with Crippen LogP contribution < -0.4 is 5.43 Å². The third kappa shape index (κ3) is 2.23. The predicted molar refractivity (Wildman–Crippen MR) is 34.1 cm³/mol. The molecular formula is C5H10N2O2. The molecule has 0 spiro atoms. The highest BCUT2D eigenvalue weighted by Gasteiger charge is 2.05. The Morgan fingerprint density at radius 3 is 2.56 bits per heavy atom. The second kappa shape index (κ2) is 3.19. The number of amides is 1. The van der Waals surface area contributed by atoms with E-state index < -0.39 is 0 Å². The molecule has 9 heavy (non-hydrogen) atoms. The molecule has 4 nitrogen and oxygen atoms in total. The Bertz CT molecular complexity index is 142. The van der Waals surface area contributed by atoms with Gasteiger partial charge in [0.25, 0.3) is 0 Å². The largest absolute Gasteiger partial charge is 0.412 e. The second-order valence-electron chi connectivity index (χ2n) is 1.88. The van der Waals surface area contributed by atoms with Crippen molar-refractivity contribution >= 4 is 11.6 Å². The van der Waals surface area contributed by atoms with Gasteiger partial charge >= 0.3 is 0 Å². The van der Waals surface area contributed by atoms with E-state index in [0.717, 1.165) is 12.1 Å². The average Bonchev–Trinajstić information content (AvgIpc) is 1.77. The van der Waals surface area contributed by atoms with Crippen LogP contribution in [0, 0.1) is 0 Å². The quantitative estimate of drug-likeness (QED) is 0.469. The van der Waals surface area contributed by atoms with Crippen molar-refractivity contribution in [3.8, 4) is 0 Å². The number of carbonyl (C=O) groups is 1. The summed E-state index contributed by atoms with van der Waals surface area (Å²) in [6.07, 6.45) is 1.40. The van der Waals surface area contributed by atoms with Crippen molar-refractivity contribution in [2.24, 2.45) is 5.10 Å². The second-order valence-corrected chi connectivity index (χ2v) is 1.88.